The van der Waals surface area contributed by atoms with Gasteiger partial charge < -0.3 is 21.7 Å². The zero-order valence-electron chi connectivity index (χ0n) is 19.6. The van der Waals surface area contributed by atoms with Gasteiger partial charge in [0.05, 0.1) is 9.79 Å². The second-order valence-corrected chi connectivity index (χ2v) is 10.5. The number of anilines is 2. The number of rotatable bonds is 8. The third-order valence-corrected chi connectivity index (χ3v) is 7.64. The van der Waals surface area contributed by atoms with Crippen LogP contribution in [0.3, 0.4) is 0 Å². The lowest BCUT2D eigenvalue weighted by atomic mass is 10.0. The lowest BCUT2D eigenvalue weighted by Crippen LogP contribution is -2.08. The summed E-state index contributed by atoms with van der Waals surface area (Å²) in [6.45, 7) is 0. The Morgan fingerprint density at radius 2 is 0.946 bits per heavy atom. The van der Waals surface area contributed by atoms with Crippen molar-refractivity contribution in [2.24, 2.45) is 0 Å². The van der Waals surface area contributed by atoms with Crippen molar-refractivity contribution in [2.45, 2.75) is 22.6 Å². The number of phenolic OH excluding ortho intramolecular Hbond substituents is 2. The summed E-state index contributed by atoms with van der Waals surface area (Å²) in [4.78, 5) is 25.0. The number of nitrogens with two attached hydrogens (primary N) is 2. The smallest absolute Gasteiger partial charge is 0.206 e. The molecule has 9 heteroatoms. The molecular formula is C28H24N2O6S. The van der Waals surface area contributed by atoms with Crippen LogP contribution in [0.15, 0.2) is 94.7 Å². The molecule has 4 aromatic rings. The summed E-state index contributed by atoms with van der Waals surface area (Å²) in [7, 11) is -4.11. The van der Waals surface area contributed by atoms with Crippen LogP contribution in [0.1, 0.15) is 31.8 Å². The van der Waals surface area contributed by atoms with Gasteiger partial charge in [0.1, 0.15) is 11.5 Å². The Bertz CT molecular complexity index is 1480. The van der Waals surface area contributed by atoms with Gasteiger partial charge in [0.15, 0.2) is 11.6 Å². The third kappa shape index (κ3) is 5.62. The molecule has 4 rings (SSSR count). The molecule has 0 aliphatic carbocycles. The number of Topliss-reactive ketones (excluding diaryl/α,β-unsaturated/α-hetero) is 2. The number of phenols is 2. The normalized spacial score (nSPS) is 11.2. The van der Waals surface area contributed by atoms with Crippen LogP contribution in [0.5, 0.6) is 11.5 Å². The number of hydrogen-bond acceptors (Lipinski definition) is 8. The van der Waals surface area contributed by atoms with Crippen LogP contribution in [-0.2, 0) is 22.7 Å². The van der Waals surface area contributed by atoms with Crippen LogP contribution >= 0.6 is 0 Å². The predicted molar refractivity (Wildman–Crippen MR) is 139 cm³/mol. The highest BCUT2D eigenvalue weighted by molar-refractivity contribution is 7.91. The Kier molecular flexibility index (Phi) is 6.99. The number of aromatic hydroxyl groups is 2. The lowest BCUT2D eigenvalue weighted by Gasteiger charge is -2.11. The van der Waals surface area contributed by atoms with Gasteiger partial charge in [-0.3, -0.25) is 9.59 Å². The fourth-order valence-corrected chi connectivity index (χ4v) is 5.13. The first kappa shape index (κ1) is 25.5. The van der Waals surface area contributed by atoms with E-state index in [4.69, 9.17) is 11.5 Å². The van der Waals surface area contributed by atoms with Crippen LogP contribution < -0.4 is 11.5 Å². The van der Waals surface area contributed by atoms with E-state index in [1.807, 2.05) is 0 Å². The first-order valence-electron chi connectivity index (χ1n) is 11.2. The number of nitrogen functional groups attached to an aromatic ring is 2. The largest absolute Gasteiger partial charge is 0.508 e. The maximum absolute atomic E-state index is 13.4. The molecule has 0 saturated carbocycles. The average Bonchev–Trinajstić information content (AvgIpc) is 2.87. The van der Waals surface area contributed by atoms with Crippen LogP contribution in [0.25, 0.3) is 0 Å². The molecule has 0 fully saturated rings. The molecule has 0 heterocycles. The van der Waals surface area contributed by atoms with Gasteiger partial charge in [-0.2, -0.15) is 0 Å². The number of sulfone groups is 1. The summed E-state index contributed by atoms with van der Waals surface area (Å²) in [6.07, 6.45) is -0.452. The van der Waals surface area contributed by atoms with Gasteiger partial charge in [0, 0.05) is 46.5 Å². The zero-order valence-corrected chi connectivity index (χ0v) is 20.4. The minimum absolute atomic E-state index is 0.139. The first-order chi connectivity index (χ1) is 17.5. The number of ketones is 2. The van der Waals surface area contributed by atoms with E-state index in [0.29, 0.717) is 22.5 Å². The van der Waals surface area contributed by atoms with E-state index >= 15 is 0 Å². The second-order valence-electron chi connectivity index (χ2n) is 8.53. The molecule has 37 heavy (non-hydrogen) atoms. The maximum Gasteiger partial charge on any atom is 0.206 e. The summed E-state index contributed by atoms with van der Waals surface area (Å²) in [6, 6.07) is 19.9. The van der Waals surface area contributed by atoms with Crippen molar-refractivity contribution in [1.82, 2.24) is 0 Å². The van der Waals surface area contributed by atoms with Crippen molar-refractivity contribution in [3.8, 4) is 11.5 Å². The molecule has 6 N–H and O–H groups in total. The minimum Gasteiger partial charge on any atom is -0.508 e. The highest BCUT2D eigenvalue weighted by Crippen LogP contribution is 2.30. The molecule has 0 aliphatic heterocycles. The summed E-state index contributed by atoms with van der Waals surface area (Å²) < 4.78 is 26.8. The van der Waals surface area contributed by atoms with Crippen molar-refractivity contribution in [3.63, 3.8) is 0 Å². The van der Waals surface area contributed by atoms with Crippen molar-refractivity contribution < 1.29 is 28.2 Å². The predicted octanol–water partition coefficient (Wildman–Crippen LogP) is 3.95. The Hall–Kier alpha value is -4.63. The quantitative estimate of drug-likeness (QED) is 0.202. The van der Waals surface area contributed by atoms with Gasteiger partial charge in [-0.15, -0.1) is 0 Å². The SMILES string of the molecule is Nc1ccc(C(=O)Cc2cc(S(=O)(=O)c3ccc(O)c(CC(=O)c4ccc(N)cc4)c3)ccc2O)cc1. The molecule has 0 unspecified atom stereocenters. The number of carbonyl (C=O) groups excluding carboxylic acids is 2. The van der Waals surface area contributed by atoms with Crippen LogP contribution in [-0.4, -0.2) is 30.2 Å². The number of hydrogen-bond donors (Lipinski definition) is 4. The Labute approximate surface area is 213 Å². The van der Waals surface area contributed by atoms with Gasteiger partial charge in [-0.1, -0.05) is 0 Å². The molecule has 0 aromatic heterocycles. The average molecular weight is 517 g/mol. The summed E-state index contributed by atoms with van der Waals surface area (Å²) in [5, 5.41) is 20.5. The van der Waals surface area contributed by atoms with Crippen molar-refractivity contribution in [3.05, 3.63) is 107 Å². The monoisotopic (exact) mass is 516 g/mol. The van der Waals surface area contributed by atoms with Gasteiger partial charge in [-0.25, -0.2) is 8.42 Å². The van der Waals surface area contributed by atoms with Crippen LogP contribution in [0, 0.1) is 0 Å². The topological polar surface area (TPSA) is 161 Å². The van der Waals surface area contributed by atoms with E-state index in [0.717, 1.165) is 0 Å². The summed E-state index contributed by atoms with van der Waals surface area (Å²) >= 11 is 0. The molecule has 0 spiro atoms. The van der Waals surface area contributed by atoms with E-state index in [-0.39, 0.29) is 56.8 Å². The van der Waals surface area contributed by atoms with Gasteiger partial charge in [0.25, 0.3) is 0 Å². The Morgan fingerprint density at radius 3 is 1.30 bits per heavy atom. The molecule has 0 atom stereocenters. The highest BCUT2D eigenvalue weighted by Gasteiger charge is 2.22. The Morgan fingerprint density at radius 1 is 0.595 bits per heavy atom. The van der Waals surface area contributed by atoms with Gasteiger partial charge in [0.2, 0.25) is 9.84 Å². The highest BCUT2D eigenvalue weighted by atomic mass is 32.2. The number of carbonyl (C=O) groups is 2. The lowest BCUT2D eigenvalue weighted by molar-refractivity contribution is 0.0984. The van der Waals surface area contributed by atoms with E-state index in [1.165, 1.54) is 36.4 Å². The van der Waals surface area contributed by atoms with E-state index in [1.54, 1.807) is 48.5 Å². The third-order valence-electron chi connectivity index (χ3n) is 5.89. The van der Waals surface area contributed by atoms with Crippen molar-refractivity contribution >= 4 is 32.8 Å². The standard InChI is InChI=1S/C28H24N2O6S/c29-21-5-1-17(2-6-21)27(33)15-19-13-23(9-11-25(19)31)37(35,36)24-10-12-26(32)20(14-24)16-28(34)18-3-7-22(30)8-4-18/h1-14,31-32H,15-16,29-30H2. The minimum atomic E-state index is -4.11. The van der Waals surface area contributed by atoms with Crippen molar-refractivity contribution in [2.75, 3.05) is 11.5 Å². The van der Waals surface area contributed by atoms with E-state index in [9.17, 15) is 28.2 Å². The summed E-state index contributed by atoms with van der Waals surface area (Å²) in [5.74, 6) is -1.08. The van der Waals surface area contributed by atoms with Crippen LogP contribution in [0.2, 0.25) is 0 Å². The van der Waals surface area contributed by atoms with Crippen molar-refractivity contribution in [1.29, 1.82) is 0 Å². The van der Waals surface area contributed by atoms with Gasteiger partial charge >= 0.3 is 0 Å². The number of benzene rings is 4. The molecule has 0 saturated heterocycles. The molecule has 0 bridgehead atoms. The molecule has 0 radical (unpaired) electrons. The fourth-order valence-electron chi connectivity index (χ4n) is 3.77. The molecule has 0 amide bonds. The zero-order chi connectivity index (χ0) is 26.7. The van der Waals surface area contributed by atoms with E-state index < -0.39 is 9.84 Å². The molecule has 8 nitrogen and oxygen atoms in total. The second kappa shape index (κ2) is 10.2. The summed E-state index contributed by atoms with van der Waals surface area (Å²) in [5.41, 5.74) is 13.3. The molecule has 0 aliphatic rings. The van der Waals surface area contributed by atoms with Crippen LogP contribution in [0.4, 0.5) is 11.4 Å². The Balaban J connectivity index is 1.61. The maximum atomic E-state index is 13.4. The van der Waals surface area contributed by atoms with E-state index in [2.05, 4.69) is 0 Å². The molecular weight excluding hydrogens is 492 g/mol. The molecule has 4 aromatic carbocycles. The molecule has 188 valence electrons. The fraction of sp³-hybridized carbons (Fsp3) is 0.0714. The first-order valence-corrected chi connectivity index (χ1v) is 12.7. The van der Waals surface area contributed by atoms with Gasteiger partial charge in [-0.05, 0) is 84.9 Å².